The number of piperazine rings is 1. The van der Waals surface area contributed by atoms with Gasteiger partial charge in [0.1, 0.15) is 12.1 Å². The molecule has 33 heavy (non-hydrogen) atoms. The molecule has 2 amide bonds. The molecule has 1 fully saturated rings. The van der Waals surface area contributed by atoms with Gasteiger partial charge in [-0.25, -0.2) is 0 Å². The number of rotatable bonds is 5. The van der Waals surface area contributed by atoms with Crippen molar-refractivity contribution in [2.75, 3.05) is 0 Å². The van der Waals surface area contributed by atoms with Crippen molar-refractivity contribution in [2.45, 2.75) is 31.3 Å². The maximum Gasteiger partial charge on any atom is 0.243 e. The van der Waals surface area contributed by atoms with Crippen LogP contribution in [0.1, 0.15) is 24.1 Å². The average Bonchev–Trinajstić information content (AvgIpc) is 3.14. The summed E-state index contributed by atoms with van der Waals surface area (Å²) in [4.78, 5) is 30.4. The zero-order valence-corrected chi connectivity index (χ0v) is 18.7. The quantitative estimate of drug-likeness (QED) is 0.500. The van der Waals surface area contributed by atoms with Gasteiger partial charge in [0.2, 0.25) is 11.8 Å². The third-order valence-corrected chi connectivity index (χ3v) is 6.50. The van der Waals surface area contributed by atoms with Crippen LogP contribution in [0.4, 0.5) is 0 Å². The molecule has 1 aliphatic rings. The molecule has 1 saturated heterocycles. The molecule has 0 spiro atoms. The maximum absolute atomic E-state index is 13.2. The molecule has 6 nitrogen and oxygen atoms in total. The summed E-state index contributed by atoms with van der Waals surface area (Å²) in [5, 5.41) is 7.02. The van der Waals surface area contributed by atoms with Crippen molar-refractivity contribution < 1.29 is 9.59 Å². The van der Waals surface area contributed by atoms with Crippen molar-refractivity contribution in [2.24, 2.45) is 7.05 Å². The fraction of sp³-hybridized carbons (Fsp3) is 0.222. The fourth-order valence-corrected chi connectivity index (χ4v) is 4.87. The lowest BCUT2D eigenvalue weighted by atomic mass is 9.87. The van der Waals surface area contributed by atoms with E-state index in [-0.39, 0.29) is 17.7 Å². The summed E-state index contributed by atoms with van der Waals surface area (Å²) >= 11 is 0. The Labute approximate surface area is 192 Å². The molecule has 4 aromatic rings. The summed E-state index contributed by atoms with van der Waals surface area (Å²) in [6.45, 7) is 2.01. The van der Waals surface area contributed by atoms with Crippen molar-refractivity contribution in [1.82, 2.24) is 20.2 Å². The van der Waals surface area contributed by atoms with E-state index >= 15 is 0 Å². The number of aromatic nitrogens is 2. The first-order chi connectivity index (χ1) is 16.0. The minimum atomic E-state index is -0.661. The number of benzene rings is 2. The van der Waals surface area contributed by atoms with Gasteiger partial charge in [0.15, 0.2) is 0 Å². The number of amides is 2. The van der Waals surface area contributed by atoms with Gasteiger partial charge >= 0.3 is 0 Å². The van der Waals surface area contributed by atoms with Crippen molar-refractivity contribution in [3.63, 3.8) is 0 Å². The second kappa shape index (κ2) is 8.54. The van der Waals surface area contributed by atoms with Crippen LogP contribution in [-0.2, 0) is 23.1 Å². The zero-order chi connectivity index (χ0) is 22.9. The SMILES string of the molecule is C[C@H](c1c(-c2ccccc2)n(C)c2ccccc12)[C@H]1NC(=O)[C@@H](Cc2ccccn2)NC1=O. The summed E-state index contributed by atoms with van der Waals surface area (Å²) < 4.78 is 2.17. The lowest BCUT2D eigenvalue weighted by Crippen LogP contribution is -2.63. The van der Waals surface area contributed by atoms with Crippen LogP contribution in [0.15, 0.2) is 79.0 Å². The molecule has 3 heterocycles. The van der Waals surface area contributed by atoms with Gasteiger partial charge in [0.25, 0.3) is 0 Å². The highest BCUT2D eigenvalue weighted by Crippen LogP contribution is 2.39. The van der Waals surface area contributed by atoms with E-state index in [4.69, 9.17) is 0 Å². The van der Waals surface area contributed by atoms with E-state index in [1.54, 1.807) is 6.20 Å². The molecule has 0 bridgehead atoms. The smallest absolute Gasteiger partial charge is 0.243 e. The topological polar surface area (TPSA) is 76.0 Å². The van der Waals surface area contributed by atoms with Gasteiger partial charge in [-0.1, -0.05) is 61.5 Å². The third kappa shape index (κ3) is 3.78. The van der Waals surface area contributed by atoms with E-state index in [1.165, 1.54) is 0 Å². The number of nitrogens with one attached hydrogen (secondary N) is 2. The Kier molecular flexibility index (Phi) is 5.42. The van der Waals surface area contributed by atoms with Crippen molar-refractivity contribution in [3.05, 3.63) is 90.3 Å². The van der Waals surface area contributed by atoms with Crippen molar-refractivity contribution in [3.8, 4) is 11.3 Å². The van der Waals surface area contributed by atoms with Crippen molar-refractivity contribution >= 4 is 22.7 Å². The van der Waals surface area contributed by atoms with Crippen LogP contribution in [-0.4, -0.2) is 33.4 Å². The van der Waals surface area contributed by atoms with E-state index in [0.29, 0.717) is 6.42 Å². The number of hydrogen-bond donors (Lipinski definition) is 2. The summed E-state index contributed by atoms with van der Waals surface area (Å²) in [6, 6.07) is 22.6. The van der Waals surface area contributed by atoms with E-state index in [1.807, 2.05) is 62.5 Å². The van der Waals surface area contributed by atoms with E-state index in [9.17, 15) is 9.59 Å². The molecule has 5 rings (SSSR count). The lowest BCUT2D eigenvalue weighted by Gasteiger charge is -2.33. The van der Waals surface area contributed by atoms with Crippen LogP contribution >= 0.6 is 0 Å². The number of para-hydroxylation sites is 1. The predicted molar refractivity (Wildman–Crippen MR) is 129 cm³/mol. The van der Waals surface area contributed by atoms with E-state index < -0.39 is 12.1 Å². The molecular weight excluding hydrogens is 412 g/mol. The number of hydrogen-bond acceptors (Lipinski definition) is 3. The molecule has 3 atom stereocenters. The van der Waals surface area contributed by atoms with E-state index in [0.717, 1.165) is 33.4 Å². The van der Waals surface area contributed by atoms with Crippen LogP contribution < -0.4 is 10.6 Å². The third-order valence-electron chi connectivity index (χ3n) is 6.50. The van der Waals surface area contributed by atoms with Gasteiger partial charge in [0, 0.05) is 42.2 Å². The molecule has 0 saturated carbocycles. The van der Waals surface area contributed by atoms with Crippen LogP contribution in [0.3, 0.4) is 0 Å². The Bertz CT molecular complexity index is 1310. The predicted octanol–water partition coefficient (Wildman–Crippen LogP) is 3.57. The van der Waals surface area contributed by atoms with Gasteiger partial charge in [-0.05, 0) is 29.3 Å². The zero-order valence-electron chi connectivity index (χ0n) is 18.7. The summed E-state index contributed by atoms with van der Waals surface area (Å²) in [7, 11) is 2.04. The normalized spacial score (nSPS) is 19.2. The number of carbonyl (C=O) groups excluding carboxylic acids is 2. The minimum Gasteiger partial charge on any atom is -0.343 e. The van der Waals surface area contributed by atoms with E-state index in [2.05, 4.69) is 44.5 Å². The first-order valence-corrected chi connectivity index (χ1v) is 11.2. The number of aryl methyl sites for hydroxylation is 1. The Morgan fingerprint density at radius 2 is 1.64 bits per heavy atom. The van der Waals surface area contributed by atoms with Gasteiger partial charge in [-0.2, -0.15) is 0 Å². The standard InChI is InChI=1S/C27H26N4O2/c1-17(24-27(33)29-21(26(32)30-24)16-19-12-8-9-15-28-19)23-20-13-6-7-14-22(20)31(2)25(23)18-10-4-3-5-11-18/h3-15,17,21,24H,16H2,1-2H3,(H,29,33)(H,30,32)/t17-,21-,24-/m1/s1. The highest BCUT2D eigenvalue weighted by atomic mass is 16.2. The van der Waals surface area contributed by atoms with Crippen LogP contribution in [0, 0.1) is 0 Å². The second-order valence-electron chi connectivity index (χ2n) is 8.57. The minimum absolute atomic E-state index is 0.171. The highest BCUT2D eigenvalue weighted by Gasteiger charge is 2.39. The van der Waals surface area contributed by atoms with Gasteiger partial charge in [-0.3, -0.25) is 14.6 Å². The molecule has 1 aliphatic heterocycles. The fourth-order valence-electron chi connectivity index (χ4n) is 4.87. The molecule has 2 N–H and O–H groups in total. The molecular formula is C27H26N4O2. The Balaban J connectivity index is 1.50. The summed E-state index contributed by atoms with van der Waals surface area (Å²) in [5.74, 6) is -0.584. The summed E-state index contributed by atoms with van der Waals surface area (Å²) in [6.07, 6.45) is 2.05. The van der Waals surface area contributed by atoms with Crippen molar-refractivity contribution in [1.29, 1.82) is 0 Å². The van der Waals surface area contributed by atoms with Gasteiger partial charge < -0.3 is 15.2 Å². The van der Waals surface area contributed by atoms with Gasteiger partial charge in [-0.15, -0.1) is 0 Å². The Morgan fingerprint density at radius 3 is 2.39 bits per heavy atom. The Hall–Kier alpha value is -3.93. The first-order valence-electron chi connectivity index (χ1n) is 11.2. The maximum atomic E-state index is 13.2. The Morgan fingerprint density at radius 1 is 0.909 bits per heavy atom. The highest BCUT2D eigenvalue weighted by molar-refractivity contribution is 5.99. The largest absolute Gasteiger partial charge is 0.343 e. The lowest BCUT2D eigenvalue weighted by molar-refractivity contribution is -0.137. The second-order valence-corrected chi connectivity index (χ2v) is 8.57. The van der Waals surface area contributed by atoms with Crippen LogP contribution in [0.5, 0.6) is 0 Å². The number of fused-ring (bicyclic) bond motifs is 1. The van der Waals surface area contributed by atoms with Crippen LogP contribution in [0.2, 0.25) is 0 Å². The number of pyridine rings is 1. The monoisotopic (exact) mass is 438 g/mol. The molecule has 0 aliphatic carbocycles. The molecule has 0 radical (unpaired) electrons. The van der Waals surface area contributed by atoms with Gasteiger partial charge in [0.05, 0.1) is 5.69 Å². The number of carbonyl (C=O) groups is 2. The summed E-state index contributed by atoms with van der Waals surface area (Å²) in [5.41, 5.74) is 5.05. The average molecular weight is 439 g/mol. The first kappa shape index (κ1) is 20.9. The number of nitrogens with zero attached hydrogens (tertiary/aromatic N) is 2. The molecule has 0 unspecified atom stereocenters. The molecule has 2 aromatic heterocycles. The molecule has 6 heteroatoms. The van der Waals surface area contributed by atoms with Crippen LogP contribution in [0.25, 0.3) is 22.2 Å². The molecule has 166 valence electrons. The molecule has 2 aromatic carbocycles.